The Kier molecular flexibility index (Phi) is 5.79. The van der Waals surface area contributed by atoms with Gasteiger partial charge in [-0.25, -0.2) is 0 Å². The van der Waals surface area contributed by atoms with Crippen molar-refractivity contribution in [2.24, 2.45) is 5.92 Å². The normalized spacial score (nSPS) is 24.4. The van der Waals surface area contributed by atoms with Crippen LogP contribution < -0.4 is 10.6 Å². The minimum atomic E-state index is -0.442. The van der Waals surface area contributed by atoms with Gasteiger partial charge in [-0.2, -0.15) is 0 Å². The summed E-state index contributed by atoms with van der Waals surface area (Å²) in [6, 6.07) is -0.442. The van der Waals surface area contributed by atoms with Crippen LogP contribution in [0.4, 0.5) is 0 Å². The summed E-state index contributed by atoms with van der Waals surface area (Å²) in [6.07, 6.45) is 2.56. The van der Waals surface area contributed by atoms with Crippen LogP contribution in [0.1, 0.15) is 26.2 Å². The first-order chi connectivity index (χ1) is 9.66. The first-order valence-corrected chi connectivity index (χ1v) is 7.53. The van der Waals surface area contributed by atoms with Gasteiger partial charge >= 0.3 is 0 Å². The van der Waals surface area contributed by atoms with Crippen LogP contribution in [-0.4, -0.2) is 62.1 Å². The lowest BCUT2D eigenvalue weighted by atomic mass is 10.0. The summed E-state index contributed by atoms with van der Waals surface area (Å²) in [5.41, 5.74) is 0. The highest BCUT2D eigenvalue weighted by Gasteiger charge is 2.24. The van der Waals surface area contributed by atoms with Gasteiger partial charge in [0.15, 0.2) is 0 Å². The van der Waals surface area contributed by atoms with Crippen molar-refractivity contribution in [2.45, 2.75) is 32.2 Å². The third-order valence-corrected chi connectivity index (χ3v) is 4.01. The Morgan fingerprint density at radius 3 is 2.80 bits per heavy atom. The van der Waals surface area contributed by atoms with E-state index in [1.807, 2.05) is 0 Å². The first-order valence-electron chi connectivity index (χ1n) is 7.53. The van der Waals surface area contributed by atoms with E-state index in [-0.39, 0.29) is 11.8 Å². The van der Waals surface area contributed by atoms with E-state index in [4.69, 9.17) is 4.74 Å². The molecule has 0 aromatic rings. The Morgan fingerprint density at radius 2 is 2.15 bits per heavy atom. The third kappa shape index (κ3) is 4.45. The predicted molar refractivity (Wildman–Crippen MR) is 75.2 cm³/mol. The SMILES string of the molecule is CC(NC(=O)CCC1CCNC1)C(=O)N1CCOCC1. The fraction of sp³-hybridized carbons (Fsp3) is 0.857. The van der Waals surface area contributed by atoms with Crippen molar-refractivity contribution in [3.8, 4) is 0 Å². The summed E-state index contributed by atoms with van der Waals surface area (Å²) >= 11 is 0. The summed E-state index contributed by atoms with van der Waals surface area (Å²) in [7, 11) is 0. The van der Waals surface area contributed by atoms with Crippen LogP contribution in [0.15, 0.2) is 0 Å². The van der Waals surface area contributed by atoms with Crippen LogP contribution >= 0.6 is 0 Å². The van der Waals surface area contributed by atoms with Crippen LogP contribution in [0.3, 0.4) is 0 Å². The molecule has 0 spiro atoms. The molecule has 0 aromatic heterocycles. The van der Waals surface area contributed by atoms with Crippen LogP contribution in [0.25, 0.3) is 0 Å². The standard InChI is InChI=1S/C14H25N3O3/c1-11(14(19)17-6-8-20-9-7-17)16-13(18)3-2-12-4-5-15-10-12/h11-12,15H,2-10H2,1H3,(H,16,18). The molecule has 2 aliphatic heterocycles. The Hall–Kier alpha value is -1.14. The van der Waals surface area contributed by atoms with Gasteiger partial charge in [0.25, 0.3) is 0 Å². The first kappa shape index (κ1) is 15.3. The maximum atomic E-state index is 12.1. The molecule has 114 valence electrons. The number of amides is 2. The fourth-order valence-corrected chi connectivity index (χ4v) is 2.73. The minimum Gasteiger partial charge on any atom is -0.378 e. The van der Waals surface area contributed by atoms with Gasteiger partial charge in [0.1, 0.15) is 6.04 Å². The zero-order chi connectivity index (χ0) is 14.4. The minimum absolute atomic E-state index is 0.0100. The summed E-state index contributed by atoms with van der Waals surface area (Å²) in [6.45, 7) is 6.22. The molecular formula is C14H25N3O3. The molecule has 0 radical (unpaired) electrons. The van der Waals surface area contributed by atoms with Crippen molar-refractivity contribution in [3.05, 3.63) is 0 Å². The Balaban J connectivity index is 1.67. The molecule has 2 saturated heterocycles. The smallest absolute Gasteiger partial charge is 0.245 e. The van der Waals surface area contributed by atoms with Crippen LogP contribution in [0.5, 0.6) is 0 Å². The lowest BCUT2D eigenvalue weighted by Crippen LogP contribution is -2.50. The molecule has 0 aromatic carbocycles. The van der Waals surface area contributed by atoms with E-state index in [1.54, 1.807) is 11.8 Å². The zero-order valence-corrected chi connectivity index (χ0v) is 12.2. The maximum Gasteiger partial charge on any atom is 0.245 e. The Morgan fingerprint density at radius 1 is 1.40 bits per heavy atom. The average molecular weight is 283 g/mol. The molecular weight excluding hydrogens is 258 g/mol. The van der Waals surface area contributed by atoms with Crippen LogP contribution in [0, 0.1) is 5.92 Å². The number of hydrogen-bond donors (Lipinski definition) is 2. The van der Waals surface area contributed by atoms with Crippen molar-refractivity contribution < 1.29 is 14.3 Å². The van der Waals surface area contributed by atoms with Gasteiger partial charge in [0.05, 0.1) is 13.2 Å². The summed E-state index contributed by atoms with van der Waals surface area (Å²) < 4.78 is 5.22. The molecule has 2 rings (SSSR count). The summed E-state index contributed by atoms with van der Waals surface area (Å²) in [4.78, 5) is 25.8. The number of carbonyl (C=O) groups excluding carboxylic acids is 2. The van der Waals surface area contributed by atoms with E-state index >= 15 is 0 Å². The van der Waals surface area contributed by atoms with Gasteiger partial charge in [0, 0.05) is 19.5 Å². The number of nitrogens with one attached hydrogen (secondary N) is 2. The molecule has 6 heteroatoms. The van der Waals surface area contributed by atoms with Crippen LogP contribution in [0.2, 0.25) is 0 Å². The lowest BCUT2D eigenvalue weighted by Gasteiger charge is -2.29. The summed E-state index contributed by atoms with van der Waals surface area (Å²) in [5, 5.41) is 6.10. The highest BCUT2D eigenvalue weighted by molar-refractivity contribution is 5.87. The molecule has 0 bridgehead atoms. The van der Waals surface area contributed by atoms with Crippen molar-refractivity contribution in [2.75, 3.05) is 39.4 Å². The average Bonchev–Trinajstić information content (AvgIpc) is 2.98. The fourth-order valence-electron chi connectivity index (χ4n) is 2.73. The number of rotatable bonds is 5. The van der Waals surface area contributed by atoms with Crippen molar-refractivity contribution in [1.29, 1.82) is 0 Å². The van der Waals surface area contributed by atoms with Gasteiger partial charge in [-0.3, -0.25) is 9.59 Å². The Labute approximate surface area is 120 Å². The molecule has 2 N–H and O–H groups in total. The van der Waals surface area contributed by atoms with Gasteiger partial charge in [-0.1, -0.05) is 0 Å². The molecule has 0 saturated carbocycles. The van der Waals surface area contributed by atoms with E-state index < -0.39 is 6.04 Å². The quantitative estimate of drug-likeness (QED) is 0.729. The van der Waals surface area contributed by atoms with Gasteiger partial charge < -0.3 is 20.3 Å². The van der Waals surface area contributed by atoms with Gasteiger partial charge in [-0.05, 0) is 38.8 Å². The zero-order valence-electron chi connectivity index (χ0n) is 12.2. The molecule has 20 heavy (non-hydrogen) atoms. The van der Waals surface area contributed by atoms with E-state index in [1.165, 1.54) is 0 Å². The molecule has 2 atom stereocenters. The second kappa shape index (κ2) is 7.59. The third-order valence-electron chi connectivity index (χ3n) is 4.01. The van der Waals surface area contributed by atoms with E-state index in [2.05, 4.69) is 10.6 Å². The van der Waals surface area contributed by atoms with Crippen molar-refractivity contribution in [3.63, 3.8) is 0 Å². The van der Waals surface area contributed by atoms with E-state index in [0.717, 1.165) is 25.9 Å². The topological polar surface area (TPSA) is 70.7 Å². The van der Waals surface area contributed by atoms with E-state index in [9.17, 15) is 9.59 Å². The second-order valence-corrected chi connectivity index (χ2v) is 5.62. The number of ether oxygens (including phenoxy) is 1. The highest BCUT2D eigenvalue weighted by atomic mass is 16.5. The van der Waals surface area contributed by atoms with Gasteiger partial charge in [-0.15, -0.1) is 0 Å². The van der Waals surface area contributed by atoms with E-state index in [0.29, 0.717) is 38.6 Å². The van der Waals surface area contributed by atoms with Gasteiger partial charge in [0.2, 0.25) is 11.8 Å². The number of carbonyl (C=O) groups is 2. The Bertz CT molecular complexity index is 337. The second-order valence-electron chi connectivity index (χ2n) is 5.62. The van der Waals surface area contributed by atoms with Crippen LogP contribution in [-0.2, 0) is 14.3 Å². The molecule has 0 aliphatic carbocycles. The highest BCUT2D eigenvalue weighted by Crippen LogP contribution is 2.14. The number of hydrogen-bond acceptors (Lipinski definition) is 4. The molecule has 2 unspecified atom stereocenters. The lowest BCUT2D eigenvalue weighted by molar-refractivity contribution is -0.139. The number of morpholine rings is 1. The molecule has 6 nitrogen and oxygen atoms in total. The molecule has 2 fully saturated rings. The molecule has 2 aliphatic rings. The van der Waals surface area contributed by atoms with Crippen molar-refractivity contribution >= 4 is 11.8 Å². The largest absolute Gasteiger partial charge is 0.378 e. The monoisotopic (exact) mass is 283 g/mol. The van der Waals surface area contributed by atoms with Crippen molar-refractivity contribution in [1.82, 2.24) is 15.5 Å². The number of nitrogens with zero attached hydrogens (tertiary/aromatic N) is 1. The molecule has 2 amide bonds. The predicted octanol–water partition coefficient (Wildman–Crippen LogP) is -0.260. The summed E-state index contributed by atoms with van der Waals surface area (Å²) in [5.74, 6) is 0.571. The molecule has 2 heterocycles. The maximum absolute atomic E-state index is 12.1.